The predicted octanol–water partition coefficient (Wildman–Crippen LogP) is 8.73. The average molecular weight is 424 g/mol. The van der Waals surface area contributed by atoms with Crippen LogP contribution < -0.4 is 0 Å². The summed E-state index contributed by atoms with van der Waals surface area (Å²) in [5.41, 5.74) is 11.3. The van der Waals surface area contributed by atoms with Crippen molar-refractivity contribution in [2.75, 3.05) is 0 Å². The van der Waals surface area contributed by atoms with Crippen molar-refractivity contribution in [3.63, 3.8) is 0 Å². The third kappa shape index (κ3) is 3.25. The Bertz CT molecular complexity index is 1610. The summed E-state index contributed by atoms with van der Waals surface area (Å²) in [6, 6.07) is 41.7. The van der Waals surface area contributed by atoms with Gasteiger partial charge >= 0.3 is 0 Å². The monoisotopic (exact) mass is 423 g/mol. The Balaban J connectivity index is 1.73. The Morgan fingerprint density at radius 1 is 0.485 bits per heavy atom. The molecule has 0 fully saturated rings. The Labute approximate surface area is 194 Å². The molecule has 5 aromatic carbocycles. The fourth-order valence-electron chi connectivity index (χ4n) is 4.89. The number of benzene rings is 5. The van der Waals surface area contributed by atoms with Crippen molar-refractivity contribution in [2.45, 2.75) is 13.8 Å². The number of aromatic nitrogens is 1. The molecule has 0 saturated heterocycles. The minimum Gasteiger partial charge on any atom is -0.309 e. The van der Waals surface area contributed by atoms with Crippen molar-refractivity contribution in [2.24, 2.45) is 0 Å². The van der Waals surface area contributed by atoms with Crippen molar-refractivity contribution in [1.29, 1.82) is 0 Å². The van der Waals surface area contributed by atoms with Gasteiger partial charge < -0.3 is 4.57 Å². The zero-order valence-corrected chi connectivity index (χ0v) is 18.9. The molecular weight excluding hydrogens is 398 g/mol. The van der Waals surface area contributed by atoms with Gasteiger partial charge in [-0.05, 0) is 77.6 Å². The van der Waals surface area contributed by atoms with Crippen LogP contribution in [0.3, 0.4) is 0 Å². The average Bonchev–Trinajstić information content (AvgIpc) is 3.20. The number of fused-ring (bicyclic) bond motifs is 3. The fourth-order valence-corrected chi connectivity index (χ4v) is 4.89. The lowest BCUT2D eigenvalue weighted by atomic mass is 9.95. The van der Waals surface area contributed by atoms with E-state index >= 15 is 0 Å². The first-order chi connectivity index (χ1) is 16.2. The Morgan fingerprint density at radius 3 is 1.97 bits per heavy atom. The van der Waals surface area contributed by atoms with Crippen molar-refractivity contribution >= 4 is 21.8 Å². The number of hydrogen-bond acceptors (Lipinski definition) is 0. The molecule has 1 heterocycles. The number of aryl methyl sites for hydroxylation is 2. The molecule has 0 radical (unpaired) electrons. The lowest BCUT2D eigenvalue weighted by Gasteiger charge is -2.09. The van der Waals surface area contributed by atoms with E-state index in [1.54, 1.807) is 0 Å². The second-order valence-electron chi connectivity index (χ2n) is 8.77. The van der Waals surface area contributed by atoms with Gasteiger partial charge in [-0.25, -0.2) is 0 Å². The van der Waals surface area contributed by atoms with E-state index in [2.05, 4.69) is 134 Å². The predicted molar refractivity (Wildman–Crippen MR) is 141 cm³/mol. The normalized spacial score (nSPS) is 11.3. The zero-order chi connectivity index (χ0) is 22.4. The summed E-state index contributed by atoms with van der Waals surface area (Å²) in [7, 11) is 0. The molecule has 0 aliphatic carbocycles. The fraction of sp³-hybridized carbons (Fsp3) is 0.0625. The van der Waals surface area contributed by atoms with Crippen molar-refractivity contribution in [3.8, 4) is 27.9 Å². The van der Waals surface area contributed by atoms with Crippen molar-refractivity contribution < 1.29 is 0 Å². The lowest BCUT2D eigenvalue weighted by Crippen LogP contribution is -1.93. The summed E-state index contributed by atoms with van der Waals surface area (Å²) in [6.45, 7) is 4.37. The summed E-state index contributed by atoms with van der Waals surface area (Å²) in [5.74, 6) is 0. The number of nitrogens with zero attached hydrogens (tertiary/aromatic N) is 1. The standard InChI is InChI=1S/C32H25N/c1-22-16-17-26(20-23(22)2)28-14-9-15-31-32(28)29-21-25(24-10-5-3-6-11-24)18-19-30(29)33(31)27-12-7-4-8-13-27/h3-21H,1-2H3. The summed E-state index contributed by atoms with van der Waals surface area (Å²) < 4.78 is 2.39. The number of rotatable bonds is 3. The van der Waals surface area contributed by atoms with E-state index in [1.807, 2.05) is 0 Å². The molecule has 0 amide bonds. The molecule has 0 aliphatic heterocycles. The maximum atomic E-state index is 2.39. The number of para-hydroxylation sites is 1. The van der Waals surface area contributed by atoms with Crippen LogP contribution >= 0.6 is 0 Å². The van der Waals surface area contributed by atoms with Gasteiger partial charge in [0.1, 0.15) is 0 Å². The van der Waals surface area contributed by atoms with Gasteiger partial charge in [0.05, 0.1) is 11.0 Å². The van der Waals surface area contributed by atoms with Crippen LogP contribution in [0.25, 0.3) is 49.7 Å². The molecule has 0 aliphatic rings. The highest BCUT2D eigenvalue weighted by Gasteiger charge is 2.17. The van der Waals surface area contributed by atoms with Gasteiger partial charge in [-0.15, -0.1) is 0 Å². The van der Waals surface area contributed by atoms with Crippen molar-refractivity contribution in [3.05, 3.63) is 126 Å². The molecule has 33 heavy (non-hydrogen) atoms. The molecule has 6 aromatic rings. The van der Waals surface area contributed by atoms with Crippen LogP contribution in [0.15, 0.2) is 115 Å². The van der Waals surface area contributed by atoms with E-state index in [0.29, 0.717) is 0 Å². The van der Waals surface area contributed by atoms with E-state index in [1.165, 1.54) is 60.9 Å². The molecule has 158 valence electrons. The minimum atomic E-state index is 1.18. The van der Waals surface area contributed by atoms with Gasteiger partial charge in [-0.1, -0.05) is 84.9 Å². The molecular formula is C32H25N. The van der Waals surface area contributed by atoms with E-state index in [0.717, 1.165) is 0 Å². The summed E-state index contributed by atoms with van der Waals surface area (Å²) in [5, 5.41) is 2.58. The zero-order valence-electron chi connectivity index (χ0n) is 18.9. The van der Waals surface area contributed by atoms with E-state index in [9.17, 15) is 0 Å². The molecule has 6 rings (SSSR count). The summed E-state index contributed by atoms with van der Waals surface area (Å²) in [4.78, 5) is 0. The molecule has 0 atom stereocenters. The van der Waals surface area contributed by atoms with Crippen LogP contribution in [0, 0.1) is 13.8 Å². The van der Waals surface area contributed by atoms with Crippen LogP contribution in [-0.2, 0) is 0 Å². The van der Waals surface area contributed by atoms with Crippen LogP contribution in [-0.4, -0.2) is 4.57 Å². The maximum Gasteiger partial charge on any atom is 0.0547 e. The SMILES string of the molecule is Cc1ccc(-c2cccc3c2c2cc(-c4ccccc4)ccc2n3-c2ccccc2)cc1C. The van der Waals surface area contributed by atoms with Crippen LogP contribution in [0.4, 0.5) is 0 Å². The first-order valence-electron chi connectivity index (χ1n) is 11.5. The lowest BCUT2D eigenvalue weighted by molar-refractivity contribution is 1.18. The highest BCUT2D eigenvalue weighted by atomic mass is 15.0. The van der Waals surface area contributed by atoms with Crippen LogP contribution in [0.2, 0.25) is 0 Å². The second-order valence-corrected chi connectivity index (χ2v) is 8.77. The van der Waals surface area contributed by atoms with E-state index in [-0.39, 0.29) is 0 Å². The van der Waals surface area contributed by atoms with Gasteiger partial charge in [0.25, 0.3) is 0 Å². The highest BCUT2D eigenvalue weighted by molar-refractivity contribution is 6.16. The molecule has 0 saturated carbocycles. The quantitative estimate of drug-likeness (QED) is 0.268. The van der Waals surface area contributed by atoms with Gasteiger partial charge in [0, 0.05) is 16.5 Å². The van der Waals surface area contributed by atoms with Crippen molar-refractivity contribution in [1.82, 2.24) is 4.57 Å². The first kappa shape index (κ1) is 19.6. The molecule has 0 unspecified atom stereocenters. The molecule has 1 aromatic heterocycles. The van der Waals surface area contributed by atoms with Crippen LogP contribution in [0.5, 0.6) is 0 Å². The molecule has 0 spiro atoms. The third-order valence-corrected chi connectivity index (χ3v) is 6.73. The van der Waals surface area contributed by atoms with E-state index in [4.69, 9.17) is 0 Å². The molecule has 0 N–H and O–H groups in total. The largest absolute Gasteiger partial charge is 0.309 e. The first-order valence-corrected chi connectivity index (χ1v) is 11.5. The van der Waals surface area contributed by atoms with Gasteiger partial charge in [0.2, 0.25) is 0 Å². The molecule has 0 bridgehead atoms. The Hall–Kier alpha value is -4.10. The van der Waals surface area contributed by atoms with Crippen LogP contribution in [0.1, 0.15) is 11.1 Å². The molecule has 1 heteroatoms. The minimum absolute atomic E-state index is 1.18. The van der Waals surface area contributed by atoms with E-state index < -0.39 is 0 Å². The third-order valence-electron chi connectivity index (χ3n) is 6.73. The Morgan fingerprint density at radius 2 is 1.21 bits per heavy atom. The summed E-state index contributed by atoms with van der Waals surface area (Å²) in [6.07, 6.45) is 0. The summed E-state index contributed by atoms with van der Waals surface area (Å²) >= 11 is 0. The van der Waals surface area contributed by atoms with Gasteiger partial charge in [0.15, 0.2) is 0 Å². The van der Waals surface area contributed by atoms with Gasteiger partial charge in [-0.2, -0.15) is 0 Å². The van der Waals surface area contributed by atoms with Gasteiger partial charge in [-0.3, -0.25) is 0 Å². The number of hydrogen-bond donors (Lipinski definition) is 0. The smallest absolute Gasteiger partial charge is 0.0547 e. The molecule has 1 nitrogen and oxygen atoms in total. The second kappa shape index (κ2) is 7.79. The highest BCUT2D eigenvalue weighted by Crippen LogP contribution is 2.40. The topological polar surface area (TPSA) is 4.93 Å². The Kier molecular flexibility index (Phi) is 4.62. The maximum absolute atomic E-state index is 2.39.